The molecule has 1 aliphatic heterocycles. The predicted octanol–water partition coefficient (Wildman–Crippen LogP) is 5.26. The molecule has 1 amide bonds. The summed E-state index contributed by atoms with van der Waals surface area (Å²) in [6.45, 7) is 2.08. The maximum Gasteiger partial charge on any atom is 0.414 e. The number of ether oxygens (including phenoxy) is 1. The molecular weight excluding hydrogens is 362 g/mol. The van der Waals surface area contributed by atoms with Gasteiger partial charge >= 0.3 is 6.09 Å². The first-order chi connectivity index (χ1) is 14.2. The van der Waals surface area contributed by atoms with Gasteiger partial charge in [-0.25, -0.2) is 9.78 Å². The monoisotopic (exact) mass is 389 g/mol. The minimum absolute atomic E-state index is 0.130. The van der Waals surface area contributed by atoms with Crippen LogP contribution in [0.4, 0.5) is 10.5 Å². The van der Waals surface area contributed by atoms with Crippen LogP contribution in [0.15, 0.2) is 42.5 Å². The minimum Gasteiger partial charge on any atom is -0.452 e. The lowest BCUT2D eigenvalue weighted by Gasteiger charge is -2.34. The van der Waals surface area contributed by atoms with Crippen LogP contribution in [0.1, 0.15) is 55.6 Å². The van der Waals surface area contributed by atoms with Crippen LogP contribution in [0.3, 0.4) is 0 Å². The Morgan fingerprint density at radius 1 is 1.14 bits per heavy atom. The second kappa shape index (κ2) is 7.21. The first-order valence-corrected chi connectivity index (χ1v) is 10.6. The minimum atomic E-state index is -0.291. The summed E-state index contributed by atoms with van der Waals surface area (Å²) in [5.41, 5.74) is 5.67. The van der Waals surface area contributed by atoms with Crippen LogP contribution in [-0.4, -0.2) is 28.8 Å². The fourth-order valence-electron chi connectivity index (χ4n) is 4.78. The Morgan fingerprint density at radius 3 is 2.62 bits per heavy atom. The maximum absolute atomic E-state index is 12.4. The second-order valence-corrected chi connectivity index (χ2v) is 8.30. The van der Waals surface area contributed by atoms with Crippen LogP contribution in [0.2, 0.25) is 0 Å². The summed E-state index contributed by atoms with van der Waals surface area (Å²) < 4.78 is 7.53. The first-order valence-electron chi connectivity index (χ1n) is 10.6. The lowest BCUT2D eigenvalue weighted by molar-refractivity contribution is 0.175. The van der Waals surface area contributed by atoms with Gasteiger partial charge in [0, 0.05) is 24.1 Å². The molecule has 0 saturated heterocycles. The number of nitrogens with zero attached hydrogens (tertiary/aromatic N) is 3. The van der Waals surface area contributed by atoms with Gasteiger partial charge in [-0.05, 0) is 56.7 Å². The van der Waals surface area contributed by atoms with Crippen LogP contribution in [0.25, 0.3) is 11.0 Å². The van der Waals surface area contributed by atoms with Crippen LogP contribution in [0.5, 0.6) is 0 Å². The van der Waals surface area contributed by atoms with Crippen molar-refractivity contribution >= 4 is 22.8 Å². The van der Waals surface area contributed by atoms with Crippen molar-refractivity contribution in [3.63, 3.8) is 0 Å². The highest BCUT2D eigenvalue weighted by Crippen LogP contribution is 2.40. The van der Waals surface area contributed by atoms with E-state index in [0.717, 1.165) is 36.3 Å². The Labute approximate surface area is 171 Å². The molecule has 2 aliphatic rings. The van der Waals surface area contributed by atoms with Crippen molar-refractivity contribution in [2.24, 2.45) is 0 Å². The summed E-state index contributed by atoms with van der Waals surface area (Å²) in [4.78, 5) is 19.4. The van der Waals surface area contributed by atoms with Gasteiger partial charge in [0.05, 0.1) is 23.8 Å². The summed E-state index contributed by atoms with van der Waals surface area (Å²) in [5.74, 6) is 1.13. The second-order valence-electron chi connectivity index (χ2n) is 8.30. The van der Waals surface area contributed by atoms with Gasteiger partial charge in [0.1, 0.15) is 5.82 Å². The number of hydrogen-bond acceptors (Lipinski definition) is 3. The first kappa shape index (κ1) is 18.2. The number of anilines is 1. The standard InChI is InChI=1S/C24H27N3O2/c1-16-11-12-19-20(26(16)24(28)29-2)13-14-21-23(19)25-22(27(21)18-9-6-10-18)15-17-7-4-3-5-8-17/h3-5,7-8,13-14,16,18H,6,9-12,15H2,1-2H3/t16-/m0/s1. The fourth-order valence-corrected chi connectivity index (χ4v) is 4.78. The SMILES string of the molecule is COC(=O)N1c2ccc3c(nc(Cc4ccccc4)n3C3CCC3)c2CC[C@@H]1C. The lowest BCUT2D eigenvalue weighted by Crippen LogP contribution is -2.42. The molecule has 0 N–H and O–H groups in total. The van der Waals surface area contributed by atoms with Crippen LogP contribution in [-0.2, 0) is 17.6 Å². The molecule has 0 radical (unpaired) electrons. The smallest absolute Gasteiger partial charge is 0.414 e. The summed E-state index contributed by atoms with van der Waals surface area (Å²) >= 11 is 0. The molecule has 0 spiro atoms. The molecule has 1 fully saturated rings. The average molecular weight is 389 g/mol. The van der Waals surface area contributed by atoms with Gasteiger partial charge in [-0.3, -0.25) is 4.90 Å². The van der Waals surface area contributed by atoms with E-state index < -0.39 is 0 Å². The number of aromatic nitrogens is 2. The molecular formula is C24H27N3O2. The third kappa shape index (κ3) is 3.00. The molecule has 3 aromatic rings. The topological polar surface area (TPSA) is 47.4 Å². The van der Waals surface area contributed by atoms with Crippen molar-refractivity contribution in [2.75, 3.05) is 12.0 Å². The number of carbonyl (C=O) groups excluding carboxylic acids is 1. The van der Waals surface area contributed by atoms with E-state index in [2.05, 4.69) is 54.0 Å². The van der Waals surface area contributed by atoms with Crippen molar-refractivity contribution in [3.8, 4) is 0 Å². The van der Waals surface area contributed by atoms with Crippen molar-refractivity contribution in [2.45, 2.75) is 57.5 Å². The molecule has 5 nitrogen and oxygen atoms in total. The summed E-state index contributed by atoms with van der Waals surface area (Å²) in [5, 5.41) is 0. The zero-order valence-electron chi connectivity index (χ0n) is 17.1. The van der Waals surface area contributed by atoms with E-state index in [9.17, 15) is 4.79 Å². The van der Waals surface area contributed by atoms with E-state index in [1.165, 1.54) is 43.0 Å². The Hall–Kier alpha value is -2.82. The fraction of sp³-hybridized carbons (Fsp3) is 0.417. The van der Waals surface area contributed by atoms with Crippen molar-refractivity contribution in [1.82, 2.24) is 9.55 Å². The number of hydrogen-bond donors (Lipinski definition) is 0. The van der Waals surface area contributed by atoms with Gasteiger partial charge in [0.15, 0.2) is 0 Å². The molecule has 0 unspecified atom stereocenters. The molecule has 5 heteroatoms. The van der Waals surface area contributed by atoms with Gasteiger partial charge in [0.2, 0.25) is 0 Å². The molecule has 1 aliphatic carbocycles. The molecule has 0 bridgehead atoms. The van der Waals surface area contributed by atoms with E-state index in [4.69, 9.17) is 9.72 Å². The molecule has 2 heterocycles. The van der Waals surface area contributed by atoms with Gasteiger partial charge in [-0.15, -0.1) is 0 Å². The number of amides is 1. The van der Waals surface area contributed by atoms with Gasteiger partial charge in [0.25, 0.3) is 0 Å². The Balaban J connectivity index is 1.66. The van der Waals surface area contributed by atoms with E-state index in [-0.39, 0.29) is 12.1 Å². The van der Waals surface area contributed by atoms with Gasteiger partial charge in [-0.1, -0.05) is 30.3 Å². The van der Waals surface area contributed by atoms with Crippen LogP contribution in [0, 0.1) is 0 Å². The van der Waals surface area contributed by atoms with E-state index in [1.54, 1.807) is 4.90 Å². The Morgan fingerprint density at radius 2 is 1.93 bits per heavy atom. The largest absolute Gasteiger partial charge is 0.452 e. The highest BCUT2D eigenvalue weighted by molar-refractivity contribution is 5.95. The average Bonchev–Trinajstić information content (AvgIpc) is 3.05. The third-order valence-electron chi connectivity index (χ3n) is 6.54. The highest BCUT2D eigenvalue weighted by atomic mass is 16.5. The molecule has 1 saturated carbocycles. The maximum atomic E-state index is 12.4. The van der Waals surface area contributed by atoms with Gasteiger partial charge < -0.3 is 9.30 Å². The zero-order chi connectivity index (χ0) is 20.0. The molecule has 150 valence electrons. The van der Waals surface area contributed by atoms with Gasteiger partial charge in [-0.2, -0.15) is 0 Å². The van der Waals surface area contributed by atoms with E-state index in [1.807, 2.05) is 0 Å². The van der Waals surface area contributed by atoms with Crippen molar-refractivity contribution < 1.29 is 9.53 Å². The number of carbonyl (C=O) groups is 1. The molecule has 5 rings (SSSR count). The Kier molecular flexibility index (Phi) is 4.53. The number of methoxy groups -OCH3 is 1. The summed E-state index contributed by atoms with van der Waals surface area (Å²) in [6.07, 6.45) is 6.12. The van der Waals surface area contributed by atoms with Crippen LogP contribution < -0.4 is 4.90 Å². The van der Waals surface area contributed by atoms with E-state index >= 15 is 0 Å². The number of aryl methyl sites for hydroxylation is 1. The number of rotatable bonds is 3. The quantitative estimate of drug-likeness (QED) is 0.614. The zero-order valence-corrected chi connectivity index (χ0v) is 17.1. The molecule has 1 atom stereocenters. The number of benzene rings is 2. The van der Waals surface area contributed by atoms with Crippen molar-refractivity contribution in [1.29, 1.82) is 0 Å². The normalized spacial score (nSPS) is 19.1. The molecule has 29 heavy (non-hydrogen) atoms. The number of fused-ring (bicyclic) bond motifs is 3. The van der Waals surface area contributed by atoms with Crippen molar-refractivity contribution in [3.05, 3.63) is 59.4 Å². The lowest BCUT2D eigenvalue weighted by atomic mass is 9.92. The third-order valence-corrected chi connectivity index (χ3v) is 6.54. The Bertz CT molecular complexity index is 1050. The summed E-state index contributed by atoms with van der Waals surface area (Å²) in [7, 11) is 1.45. The summed E-state index contributed by atoms with van der Waals surface area (Å²) in [6, 6.07) is 15.5. The highest BCUT2D eigenvalue weighted by Gasteiger charge is 2.32. The van der Waals surface area contributed by atoms with E-state index in [0.29, 0.717) is 6.04 Å². The predicted molar refractivity (Wildman–Crippen MR) is 115 cm³/mol. The molecule has 2 aromatic carbocycles. The molecule has 1 aromatic heterocycles. The van der Waals surface area contributed by atoms with Crippen LogP contribution >= 0.6 is 0 Å². The number of imidazole rings is 1.